The Kier molecular flexibility index (Phi) is 7.58. The van der Waals surface area contributed by atoms with Gasteiger partial charge in [0.05, 0.1) is 12.8 Å². The third-order valence-corrected chi connectivity index (χ3v) is 4.46. The number of nitrogens with zero attached hydrogens (tertiary/aromatic N) is 2. The summed E-state index contributed by atoms with van der Waals surface area (Å²) in [5.74, 6) is -0.595. The van der Waals surface area contributed by atoms with Gasteiger partial charge in [-0.3, -0.25) is 0 Å². The molecule has 0 spiro atoms. The van der Waals surface area contributed by atoms with Gasteiger partial charge in [-0.15, -0.1) is 0 Å². The number of halogens is 1. The van der Waals surface area contributed by atoms with E-state index in [-0.39, 0.29) is 12.3 Å². The third kappa shape index (κ3) is 5.10. The summed E-state index contributed by atoms with van der Waals surface area (Å²) in [7, 11) is 2.66. The van der Waals surface area contributed by atoms with Crippen molar-refractivity contribution < 1.29 is 19.2 Å². The number of rotatable bonds is 7. The normalized spacial score (nSPS) is 11.9. The highest BCUT2D eigenvalue weighted by molar-refractivity contribution is 6.43. The SMILES string of the molecule is CO/N=C(/C(=O)OC)c1cccc(C)c1CO/N=C(\C)c1cc(Cl)ccc1C. The van der Waals surface area contributed by atoms with E-state index in [4.69, 9.17) is 26.0 Å². The Balaban J connectivity index is 2.31. The van der Waals surface area contributed by atoms with E-state index in [0.717, 1.165) is 22.3 Å². The first-order valence-electron chi connectivity index (χ1n) is 8.60. The number of esters is 1. The van der Waals surface area contributed by atoms with Gasteiger partial charge in [0, 0.05) is 21.7 Å². The standard InChI is InChI=1S/C21H23ClN2O4/c1-13-7-6-8-17(20(24-27-5)21(25)26-4)19(13)12-28-23-15(3)18-11-16(22)10-9-14(18)2/h6-11H,12H2,1-5H3/b23-15+,24-20+. The van der Waals surface area contributed by atoms with Crippen molar-refractivity contribution in [2.45, 2.75) is 27.4 Å². The molecule has 0 heterocycles. The van der Waals surface area contributed by atoms with Gasteiger partial charge in [-0.05, 0) is 44.0 Å². The number of oxime groups is 2. The Morgan fingerprint density at radius 3 is 2.46 bits per heavy atom. The smallest absolute Gasteiger partial charge is 0.360 e. The van der Waals surface area contributed by atoms with Gasteiger partial charge >= 0.3 is 5.97 Å². The minimum Gasteiger partial charge on any atom is -0.464 e. The molecule has 2 aromatic rings. The van der Waals surface area contributed by atoms with Crippen LogP contribution >= 0.6 is 11.6 Å². The van der Waals surface area contributed by atoms with Crippen LogP contribution in [0.25, 0.3) is 0 Å². The van der Waals surface area contributed by atoms with E-state index >= 15 is 0 Å². The monoisotopic (exact) mass is 402 g/mol. The summed E-state index contributed by atoms with van der Waals surface area (Å²) >= 11 is 6.08. The van der Waals surface area contributed by atoms with Gasteiger partial charge in [0.2, 0.25) is 0 Å². The van der Waals surface area contributed by atoms with E-state index in [0.29, 0.717) is 16.3 Å². The fourth-order valence-corrected chi connectivity index (χ4v) is 2.90. The van der Waals surface area contributed by atoms with E-state index in [2.05, 4.69) is 10.3 Å². The number of aryl methyl sites for hydroxylation is 2. The van der Waals surface area contributed by atoms with E-state index in [1.54, 1.807) is 6.07 Å². The molecule has 0 aliphatic heterocycles. The van der Waals surface area contributed by atoms with Crippen molar-refractivity contribution >= 4 is 29.0 Å². The minimum absolute atomic E-state index is 0.0682. The molecule has 0 saturated carbocycles. The Hall–Kier alpha value is -2.86. The van der Waals surface area contributed by atoms with Crippen molar-refractivity contribution in [2.75, 3.05) is 14.2 Å². The van der Waals surface area contributed by atoms with Crippen LogP contribution in [0, 0.1) is 13.8 Å². The van der Waals surface area contributed by atoms with Crippen LogP contribution in [0.3, 0.4) is 0 Å². The molecule has 7 heteroatoms. The lowest BCUT2D eigenvalue weighted by molar-refractivity contribution is -0.132. The number of benzene rings is 2. The molecule has 28 heavy (non-hydrogen) atoms. The van der Waals surface area contributed by atoms with Crippen molar-refractivity contribution in [2.24, 2.45) is 10.3 Å². The van der Waals surface area contributed by atoms with Crippen LogP contribution in [0.15, 0.2) is 46.7 Å². The van der Waals surface area contributed by atoms with Crippen LogP contribution in [0.2, 0.25) is 5.02 Å². The Morgan fingerprint density at radius 1 is 1.04 bits per heavy atom. The molecule has 2 rings (SSSR count). The maximum absolute atomic E-state index is 12.1. The second-order valence-electron chi connectivity index (χ2n) is 6.12. The molecule has 0 bridgehead atoms. The van der Waals surface area contributed by atoms with Gasteiger partial charge in [0.25, 0.3) is 0 Å². The van der Waals surface area contributed by atoms with Gasteiger partial charge in [-0.2, -0.15) is 0 Å². The van der Waals surface area contributed by atoms with Crippen molar-refractivity contribution in [3.8, 4) is 0 Å². The molecule has 0 N–H and O–H groups in total. The first kappa shape index (κ1) is 21.4. The lowest BCUT2D eigenvalue weighted by atomic mass is 9.99. The average molecular weight is 403 g/mol. The van der Waals surface area contributed by atoms with Crippen LogP contribution in [-0.4, -0.2) is 31.6 Å². The quantitative estimate of drug-likeness (QED) is 0.390. The predicted octanol–water partition coefficient (Wildman–Crippen LogP) is 4.42. The molecule has 0 unspecified atom stereocenters. The zero-order valence-corrected chi connectivity index (χ0v) is 17.3. The van der Waals surface area contributed by atoms with Crippen LogP contribution in [0.4, 0.5) is 0 Å². The maximum Gasteiger partial charge on any atom is 0.360 e. The Morgan fingerprint density at radius 2 is 1.79 bits per heavy atom. The van der Waals surface area contributed by atoms with Crippen molar-refractivity contribution in [1.29, 1.82) is 0 Å². The number of carbonyl (C=O) groups excluding carboxylic acids is 1. The molecule has 0 fully saturated rings. The number of carbonyl (C=O) groups is 1. The third-order valence-electron chi connectivity index (χ3n) is 4.23. The maximum atomic E-state index is 12.1. The average Bonchev–Trinajstić information content (AvgIpc) is 2.68. The minimum atomic E-state index is -0.595. The zero-order chi connectivity index (χ0) is 20.7. The van der Waals surface area contributed by atoms with Crippen LogP contribution in [0.1, 0.15) is 34.7 Å². The predicted molar refractivity (Wildman–Crippen MR) is 110 cm³/mol. The molecule has 148 valence electrons. The second kappa shape index (κ2) is 9.90. The first-order chi connectivity index (χ1) is 13.4. The fraction of sp³-hybridized carbons (Fsp3) is 0.286. The molecule has 0 atom stereocenters. The summed E-state index contributed by atoms with van der Waals surface area (Å²) in [4.78, 5) is 22.5. The summed E-state index contributed by atoms with van der Waals surface area (Å²) in [6, 6.07) is 11.1. The number of methoxy groups -OCH3 is 1. The summed E-state index contributed by atoms with van der Waals surface area (Å²) in [5.41, 5.74) is 4.99. The van der Waals surface area contributed by atoms with E-state index in [1.807, 2.05) is 51.1 Å². The molecule has 2 aromatic carbocycles. The molecular formula is C21H23ClN2O4. The highest BCUT2D eigenvalue weighted by Crippen LogP contribution is 2.19. The lowest BCUT2D eigenvalue weighted by Crippen LogP contribution is -2.20. The van der Waals surface area contributed by atoms with Crippen molar-refractivity contribution in [1.82, 2.24) is 0 Å². The fourth-order valence-electron chi connectivity index (χ4n) is 2.73. The lowest BCUT2D eigenvalue weighted by Gasteiger charge is -2.13. The zero-order valence-electron chi connectivity index (χ0n) is 16.6. The van der Waals surface area contributed by atoms with Gasteiger partial charge in [-0.25, -0.2) is 4.79 Å². The van der Waals surface area contributed by atoms with E-state index in [1.165, 1.54) is 14.2 Å². The summed E-state index contributed by atoms with van der Waals surface area (Å²) in [6.45, 7) is 5.90. The Labute approximate surface area is 169 Å². The summed E-state index contributed by atoms with van der Waals surface area (Å²) in [6.07, 6.45) is 0. The number of hydrogen-bond acceptors (Lipinski definition) is 6. The van der Waals surface area contributed by atoms with E-state index in [9.17, 15) is 4.79 Å². The molecular weight excluding hydrogens is 380 g/mol. The summed E-state index contributed by atoms with van der Waals surface area (Å²) < 4.78 is 4.81. The van der Waals surface area contributed by atoms with Crippen molar-refractivity contribution in [3.63, 3.8) is 0 Å². The number of ether oxygens (including phenoxy) is 1. The highest BCUT2D eigenvalue weighted by Gasteiger charge is 2.20. The van der Waals surface area contributed by atoms with Gasteiger partial charge in [-0.1, -0.05) is 46.2 Å². The molecule has 0 aliphatic carbocycles. The largest absolute Gasteiger partial charge is 0.464 e. The highest BCUT2D eigenvalue weighted by atomic mass is 35.5. The molecule has 6 nitrogen and oxygen atoms in total. The van der Waals surface area contributed by atoms with E-state index < -0.39 is 5.97 Å². The van der Waals surface area contributed by atoms with Gasteiger partial charge in [0.15, 0.2) is 5.71 Å². The summed E-state index contributed by atoms with van der Waals surface area (Å²) in [5, 5.41) is 8.66. The first-order valence-corrected chi connectivity index (χ1v) is 8.98. The van der Waals surface area contributed by atoms with Gasteiger partial charge < -0.3 is 14.4 Å². The number of hydrogen-bond donors (Lipinski definition) is 0. The van der Waals surface area contributed by atoms with Crippen LogP contribution < -0.4 is 0 Å². The van der Waals surface area contributed by atoms with Crippen molar-refractivity contribution in [3.05, 3.63) is 69.2 Å². The molecule has 0 aromatic heterocycles. The molecule has 0 saturated heterocycles. The van der Waals surface area contributed by atoms with Crippen LogP contribution in [-0.2, 0) is 25.8 Å². The van der Waals surface area contributed by atoms with Crippen LogP contribution in [0.5, 0.6) is 0 Å². The molecule has 0 aliphatic rings. The Bertz CT molecular complexity index is 923. The molecule has 0 amide bonds. The topological polar surface area (TPSA) is 69.5 Å². The van der Waals surface area contributed by atoms with Gasteiger partial charge in [0.1, 0.15) is 13.7 Å². The molecule has 0 radical (unpaired) electrons. The second-order valence-corrected chi connectivity index (χ2v) is 6.56.